The molecule has 0 aliphatic heterocycles. The van der Waals surface area contributed by atoms with Gasteiger partial charge in [-0.15, -0.1) is 24.8 Å². The summed E-state index contributed by atoms with van der Waals surface area (Å²) in [6.07, 6.45) is 5.59. The molecule has 0 spiro atoms. The van der Waals surface area contributed by atoms with Gasteiger partial charge in [-0.25, -0.2) is 9.97 Å². The van der Waals surface area contributed by atoms with Gasteiger partial charge in [0, 0.05) is 17.6 Å². The molecule has 0 unspecified atom stereocenters. The van der Waals surface area contributed by atoms with Gasteiger partial charge < -0.3 is 9.13 Å². The number of halogens is 4. The van der Waals surface area contributed by atoms with Crippen molar-refractivity contribution in [3.63, 3.8) is 0 Å². The molecule has 0 aliphatic carbocycles. The third kappa shape index (κ3) is 4.21. The van der Waals surface area contributed by atoms with E-state index in [4.69, 9.17) is 23.2 Å². The number of rotatable bonds is 3. The Bertz CT molecular complexity index is 795. The second kappa shape index (κ2) is 8.06. The molecule has 0 atom stereocenters. The Kier molecular flexibility index (Phi) is 6.96. The van der Waals surface area contributed by atoms with E-state index in [1.165, 1.54) is 0 Å². The molecule has 4 nitrogen and oxygen atoms in total. The molecular weight excluding hydrogens is 378 g/mol. The molecule has 3 aromatic rings. The fourth-order valence-corrected chi connectivity index (χ4v) is 2.40. The first-order valence-electron chi connectivity index (χ1n) is 6.51. The highest BCUT2D eigenvalue weighted by Crippen LogP contribution is 2.24. The van der Waals surface area contributed by atoms with E-state index < -0.39 is 0 Å². The molecule has 0 saturated heterocycles. The molecule has 0 fully saturated rings. The van der Waals surface area contributed by atoms with Gasteiger partial charge in [0.2, 0.25) is 0 Å². The summed E-state index contributed by atoms with van der Waals surface area (Å²) >= 11 is 12.0. The molecule has 0 radical (unpaired) electrons. The zero-order chi connectivity index (χ0) is 15.0. The van der Waals surface area contributed by atoms with Gasteiger partial charge in [0.05, 0.1) is 40.6 Å². The summed E-state index contributed by atoms with van der Waals surface area (Å²) in [7, 11) is 0. The van der Waals surface area contributed by atoms with Crippen LogP contribution in [-0.4, -0.2) is 19.1 Å². The quantitative estimate of drug-likeness (QED) is 0.635. The van der Waals surface area contributed by atoms with E-state index in [1.807, 2.05) is 36.1 Å². The van der Waals surface area contributed by atoms with E-state index in [2.05, 4.69) is 21.5 Å². The Morgan fingerprint density at radius 1 is 1.00 bits per heavy atom. The second-order valence-electron chi connectivity index (χ2n) is 4.91. The van der Waals surface area contributed by atoms with Crippen LogP contribution in [0.3, 0.4) is 0 Å². The van der Waals surface area contributed by atoms with Crippen molar-refractivity contribution in [3.8, 4) is 5.69 Å². The van der Waals surface area contributed by atoms with E-state index >= 15 is 0 Å². The Morgan fingerprint density at radius 2 is 1.74 bits per heavy atom. The highest BCUT2D eigenvalue weighted by molar-refractivity contribution is 6.42. The largest absolute Gasteiger partial charge is 0.329 e. The van der Waals surface area contributed by atoms with E-state index in [1.54, 1.807) is 12.4 Å². The molecule has 8 heteroatoms. The zero-order valence-electron chi connectivity index (χ0n) is 12.5. The predicted molar refractivity (Wildman–Crippen MR) is 98.9 cm³/mol. The van der Waals surface area contributed by atoms with Crippen LogP contribution in [0.25, 0.3) is 5.69 Å². The van der Waals surface area contributed by atoms with E-state index in [9.17, 15) is 0 Å². The summed E-state index contributed by atoms with van der Waals surface area (Å²) in [5.41, 5.74) is 4.08. The van der Waals surface area contributed by atoms with Crippen LogP contribution in [0, 0.1) is 13.8 Å². The van der Waals surface area contributed by atoms with Crippen molar-refractivity contribution in [1.29, 1.82) is 0 Å². The molecule has 2 aromatic heterocycles. The van der Waals surface area contributed by atoms with Gasteiger partial charge in [0.1, 0.15) is 0 Å². The molecule has 0 N–H and O–H groups in total. The van der Waals surface area contributed by atoms with E-state index in [0.717, 1.165) is 22.8 Å². The Labute approximate surface area is 157 Å². The lowest BCUT2D eigenvalue weighted by Gasteiger charge is -2.04. The second-order valence-corrected chi connectivity index (χ2v) is 5.73. The monoisotopic (exact) mass is 392 g/mol. The van der Waals surface area contributed by atoms with Crippen molar-refractivity contribution < 1.29 is 0 Å². The minimum absolute atomic E-state index is 0. The van der Waals surface area contributed by atoms with Gasteiger partial charge >= 0.3 is 0 Å². The first-order chi connectivity index (χ1) is 10.0. The van der Waals surface area contributed by atoms with Gasteiger partial charge in [-0.2, -0.15) is 0 Å². The molecular formula is C15H16Cl4N4. The third-order valence-corrected chi connectivity index (χ3v) is 4.25. The number of benzene rings is 1. The molecule has 0 bridgehead atoms. The topological polar surface area (TPSA) is 35.6 Å². The number of aryl methyl sites for hydroxylation is 1. The Hall–Kier alpha value is -1.20. The predicted octanol–water partition coefficient (Wildman–Crippen LogP) is 4.88. The van der Waals surface area contributed by atoms with E-state index in [0.29, 0.717) is 16.6 Å². The van der Waals surface area contributed by atoms with Crippen LogP contribution in [-0.2, 0) is 6.54 Å². The van der Waals surface area contributed by atoms with Crippen molar-refractivity contribution in [2.75, 3.05) is 0 Å². The summed E-state index contributed by atoms with van der Waals surface area (Å²) in [5, 5.41) is 1.08. The van der Waals surface area contributed by atoms with Gasteiger partial charge in [-0.05, 0) is 32.0 Å². The molecule has 0 saturated carbocycles. The van der Waals surface area contributed by atoms with E-state index in [-0.39, 0.29) is 24.8 Å². The summed E-state index contributed by atoms with van der Waals surface area (Å²) in [4.78, 5) is 8.72. The van der Waals surface area contributed by atoms with Crippen molar-refractivity contribution >= 4 is 48.0 Å². The van der Waals surface area contributed by atoms with Crippen LogP contribution in [0.1, 0.15) is 17.1 Å². The van der Waals surface area contributed by atoms with Gasteiger partial charge in [-0.3, -0.25) is 0 Å². The Morgan fingerprint density at radius 3 is 2.35 bits per heavy atom. The lowest BCUT2D eigenvalue weighted by Crippen LogP contribution is -2.01. The van der Waals surface area contributed by atoms with Gasteiger partial charge in [0.15, 0.2) is 0 Å². The molecule has 3 rings (SSSR count). The number of hydrogen-bond donors (Lipinski definition) is 0. The number of aromatic nitrogens is 4. The standard InChI is InChI=1S/C15H14Cl2N4.2ClH/c1-10-11(2)20(8-18-10)6-12-7-21(9-19-12)13-3-4-14(16)15(17)5-13;;/h3-5,7-9H,6H2,1-2H3;2*1H. The maximum atomic E-state index is 6.05. The van der Waals surface area contributed by atoms with Crippen LogP contribution >= 0.6 is 48.0 Å². The van der Waals surface area contributed by atoms with Crippen LogP contribution < -0.4 is 0 Å². The van der Waals surface area contributed by atoms with Crippen LogP contribution in [0.4, 0.5) is 0 Å². The van der Waals surface area contributed by atoms with Gasteiger partial charge in [0.25, 0.3) is 0 Å². The fourth-order valence-electron chi connectivity index (χ4n) is 2.11. The zero-order valence-corrected chi connectivity index (χ0v) is 15.7. The molecule has 1 aromatic carbocycles. The number of nitrogens with zero attached hydrogens (tertiary/aromatic N) is 4. The number of imidazole rings is 2. The van der Waals surface area contributed by atoms with Crippen LogP contribution in [0.5, 0.6) is 0 Å². The summed E-state index contributed by atoms with van der Waals surface area (Å²) in [6, 6.07) is 5.51. The fraction of sp³-hybridized carbons (Fsp3) is 0.200. The molecule has 0 aliphatic rings. The lowest BCUT2D eigenvalue weighted by atomic mass is 10.3. The van der Waals surface area contributed by atoms with Crippen molar-refractivity contribution in [2.45, 2.75) is 20.4 Å². The minimum atomic E-state index is 0. The third-order valence-electron chi connectivity index (χ3n) is 3.51. The smallest absolute Gasteiger partial charge is 0.0996 e. The maximum Gasteiger partial charge on any atom is 0.0996 e. The van der Waals surface area contributed by atoms with Crippen LogP contribution in [0.2, 0.25) is 10.0 Å². The molecule has 2 heterocycles. The first-order valence-corrected chi connectivity index (χ1v) is 7.27. The number of hydrogen-bond acceptors (Lipinski definition) is 2. The lowest BCUT2D eigenvalue weighted by molar-refractivity contribution is 0.752. The molecule has 124 valence electrons. The highest BCUT2D eigenvalue weighted by Gasteiger charge is 2.07. The molecule has 0 amide bonds. The average Bonchev–Trinajstić information content (AvgIpc) is 3.04. The van der Waals surface area contributed by atoms with Crippen molar-refractivity contribution in [1.82, 2.24) is 19.1 Å². The Balaban J connectivity index is 0.00000132. The summed E-state index contributed by atoms with van der Waals surface area (Å²) in [5.74, 6) is 0. The van der Waals surface area contributed by atoms with Gasteiger partial charge in [-0.1, -0.05) is 23.2 Å². The normalized spacial score (nSPS) is 10.1. The van der Waals surface area contributed by atoms with Crippen molar-refractivity contribution in [3.05, 3.63) is 64.2 Å². The molecule has 23 heavy (non-hydrogen) atoms. The minimum Gasteiger partial charge on any atom is -0.329 e. The van der Waals surface area contributed by atoms with Crippen LogP contribution in [0.15, 0.2) is 37.1 Å². The maximum absolute atomic E-state index is 6.05. The summed E-state index contributed by atoms with van der Waals surface area (Å²) in [6.45, 7) is 4.75. The van der Waals surface area contributed by atoms with Crippen molar-refractivity contribution in [2.24, 2.45) is 0 Å². The summed E-state index contributed by atoms with van der Waals surface area (Å²) < 4.78 is 4.01. The highest BCUT2D eigenvalue weighted by atomic mass is 35.5. The average molecular weight is 394 g/mol. The SMILES string of the molecule is Cc1ncn(Cc2cn(-c3ccc(Cl)c(Cl)c3)cn2)c1C.Cl.Cl. The first kappa shape index (κ1) is 19.8.